The standard InChI is InChI=1S/C37H42N2O16P2/c1-9-51-37(43)31-33(55-36(42)27-16-12-25(13-17-27)23-53-57(45,49-7)50-8)32(30(34(40)38(2)3)39(31)28-18-20-29(46-4)21-19-28)54-35(41)26-14-10-24(11-15-26)22-52-56(44,47-5)48-6/h10-21H,9,22-23H2,1-8H3. The second kappa shape index (κ2) is 19.8. The summed E-state index contributed by atoms with van der Waals surface area (Å²) in [4.78, 5) is 56.7. The van der Waals surface area contributed by atoms with Gasteiger partial charge in [-0.05, 0) is 66.6 Å². The Labute approximate surface area is 328 Å². The quantitative estimate of drug-likeness (QED) is 0.0718. The number of carbonyl (C=O) groups excluding carboxylic acids is 4. The Hall–Kier alpha value is -5.16. The van der Waals surface area contributed by atoms with E-state index in [4.69, 9.17) is 46.1 Å². The number of methoxy groups -OCH3 is 1. The van der Waals surface area contributed by atoms with E-state index in [1.165, 1.54) is 120 Å². The zero-order valence-corrected chi connectivity index (χ0v) is 34.2. The Bertz CT molecular complexity index is 2130. The van der Waals surface area contributed by atoms with Crippen molar-refractivity contribution in [3.8, 4) is 22.9 Å². The zero-order valence-electron chi connectivity index (χ0n) is 32.4. The maximum absolute atomic E-state index is 14.1. The summed E-state index contributed by atoms with van der Waals surface area (Å²) in [5.41, 5.74) is 0.309. The van der Waals surface area contributed by atoms with Gasteiger partial charge in [0, 0.05) is 48.2 Å². The van der Waals surface area contributed by atoms with Crippen molar-refractivity contribution in [2.24, 2.45) is 0 Å². The first-order valence-corrected chi connectivity index (χ1v) is 19.7. The van der Waals surface area contributed by atoms with Gasteiger partial charge in [-0.2, -0.15) is 0 Å². The van der Waals surface area contributed by atoms with Crippen LogP contribution in [-0.2, 0) is 54.2 Å². The van der Waals surface area contributed by atoms with Gasteiger partial charge in [0.15, 0.2) is 11.4 Å². The molecule has 1 amide bonds. The number of hydrogen-bond donors (Lipinski definition) is 0. The molecular formula is C37H42N2O16P2. The number of rotatable bonds is 19. The van der Waals surface area contributed by atoms with Gasteiger partial charge >= 0.3 is 33.6 Å². The summed E-state index contributed by atoms with van der Waals surface area (Å²) < 4.78 is 77.8. The van der Waals surface area contributed by atoms with Crippen molar-refractivity contribution in [2.75, 3.05) is 56.3 Å². The number of benzene rings is 3. The fourth-order valence-electron chi connectivity index (χ4n) is 4.94. The summed E-state index contributed by atoms with van der Waals surface area (Å²) in [6.07, 6.45) is 0. The molecule has 0 unspecified atom stereocenters. The van der Waals surface area contributed by atoms with Crippen molar-refractivity contribution in [3.05, 3.63) is 106 Å². The van der Waals surface area contributed by atoms with Crippen molar-refractivity contribution < 1.29 is 74.4 Å². The van der Waals surface area contributed by atoms with Gasteiger partial charge in [-0.15, -0.1) is 0 Å². The Morgan fingerprint density at radius 1 is 0.596 bits per heavy atom. The van der Waals surface area contributed by atoms with E-state index in [0.29, 0.717) is 16.9 Å². The first kappa shape index (κ1) is 44.6. The van der Waals surface area contributed by atoms with Crippen molar-refractivity contribution in [1.29, 1.82) is 0 Å². The lowest BCUT2D eigenvalue weighted by Crippen LogP contribution is -2.26. The number of phosphoric acid groups is 2. The largest absolute Gasteiger partial charge is 0.497 e. The normalized spacial score (nSPS) is 11.5. The van der Waals surface area contributed by atoms with Crippen LogP contribution < -0.4 is 14.2 Å². The molecule has 0 saturated carbocycles. The molecule has 0 saturated heterocycles. The van der Waals surface area contributed by atoms with E-state index in [0.717, 1.165) is 0 Å². The summed E-state index contributed by atoms with van der Waals surface area (Å²) in [6.45, 7) is 1.04. The maximum Gasteiger partial charge on any atom is 0.474 e. The molecule has 3 aromatic carbocycles. The van der Waals surface area contributed by atoms with Crippen LogP contribution in [0, 0.1) is 0 Å². The number of phosphoric ester groups is 2. The lowest BCUT2D eigenvalue weighted by atomic mass is 10.1. The maximum atomic E-state index is 14.1. The minimum absolute atomic E-state index is 0.0277. The zero-order chi connectivity index (χ0) is 41.9. The highest BCUT2D eigenvalue weighted by atomic mass is 31.2. The monoisotopic (exact) mass is 832 g/mol. The highest BCUT2D eigenvalue weighted by Crippen LogP contribution is 2.49. The van der Waals surface area contributed by atoms with Crippen LogP contribution in [-0.4, -0.2) is 89.5 Å². The van der Waals surface area contributed by atoms with Gasteiger partial charge in [0.2, 0.25) is 11.5 Å². The minimum Gasteiger partial charge on any atom is -0.497 e. The molecule has 4 rings (SSSR count). The Morgan fingerprint density at radius 3 is 1.39 bits per heavy atom. The molecule has 1 aromatic heterocycles. The van der Waals surface area contributed by atoms with Crippen molar-refractivity contribution >= 4 is 39.5 Å². The molecule has 57 heavy (non-hydrogen) atoms. The number of nitrogens with zero attached hydrogens (tertiary/aromatic N) is 2. The van der Waals surface area contributed by atoms with E-state index in [1.807, 2.05) is 0 Å². The van der Waals surface area contributed by atoms with E-state index >= 15 is 0 Å². The van der Waals surface area contributed by atoms with Crippen LogP contribution in [0.1, 0.15) is 59.7 Å². The molecule has 0 N–H and O–H groups in total. The van der Waals surface area contributed by atoms with Crippen LogP contribution in [0.25, 0.3) is 5.69 Å². The van der Waals surface area contributed by atoms with Crippen molar-refractivity contribution in [3.63, 3.8) is 0 Å². The molecule has 0 aliphatic rings. The lowest BCUT2D eigenvalue weighted by Gasteiger charge is -2.16. The van der Waals surface area contributed by atoms with Crippen LogP contribution >= 0.6 is 15.6 Å². The van der Waals surface area contributed by atoms with Gasteiger partial charge in [-0.3, -0.25) is 36.5 Å². The third-order valence-electron chi connectivity index (χ3n) is 7.93. The molecule has 0 bridgehead atoms. The first-order chi connectivity index (χ1) is 27.2. The summed E-state index contributed by atoms with van der Waals surface area (Å²) in [7, 11) is 1.42. The van der Waals surface area contributed by atoms with E-state index in [-0.39, 0.29) is 42.3 Å². The van der Waals surface area contributed by atoms with E-state index in [1.54, 1.807) is 19.1 Å². The molecule has 20 heteroatoms. The summed E-state index contributed by atoms with van der Waals surface area (Å²) in [6, 6.07) is 17.7. The topological polar surface area (TPSA) is 203 Å². The minimum atomic E-state index is -3.79. The van der Waals surface area contributed by atoms with Crippen molar-refractivity contribution in [1.82, 2.24) is 9.47 Å². The molecule has 18 nitrogen and oxygen atoms in total. The predicted octanol–water partition coefficient (Wildman–Crippen LogP) is 6.64. The van der Waals surface area contributed by atoms with Gasteiger partial charge in [0.1, 0.15) is 5.75 Å². The molecule has 0 radical (unpaired) electrons. The van der Waals surface area contributed by atoms with Gasteiger partial charge in [0.25, 0.3) is 5.91 Å². The molecule has 306 valence electrons. The molecule has 0 aliphatic heterocycles. The molecule has 1 heterocycles. The lowest BCUT2D eigenvalue weighted by molar-refractivity contribution is 0.0508. The molecule has 0 fully saturated rings. The van der Waals surface area contributed by atoms with Crippen LogP contribution in [0.5, 0.6) is 17.2 Å². The number of carbonyl (C=O) groups is 4. The number of ether oxygens (including phenoxy) is 4. The SMILES string of the molecule is CCOC(=O)c1c(OC(=O)c2ccc(COP(=O)(OC)OC)cc2)c(OC(=O)c2ccc(COP(=O)(OC)OC)cc2)c(C(=O)N(C)C)n1-c1ccc(OC)cc1. The summed E-state index contributed by atoms with van der Waals surface area (Å²) in [5, 5.41) is 0. The van der Waals surface area contributed by atoms with E-state index in [2.05, 4.69) is 0 Å². The van der Waals surface area contributed by atoms with Crippen LogP contribution in [0.2, 0.25) is 0 Å². The molecule has 4 aromatic rings. The fraction of sp³-hybridized carbons (Fsp3) is 0.297. The predicted molar refractivity (Wildman–Crippen MR) is 202 cm³/mol. The van der Waals surface area contributed by atoms with Gasteiger partial charge in [-0.25, -0.2) is 23.5 Å². The summed E-state index contributed by atoms with van der Waals surface area (Å²) in [5.74, 6) is -4.51. The third-order valence-corrected chi connectivity index (χ3v) is 10.6. The average Bonchev–Trinajstić information content (AvgIpc) is 3.54. The number of aromatic nitrogens is 1. The first-order valence-electron chi connectivity index (χ1n) is 16.8. The van der Waals surface area contributed by atoms with Gasteiger partial charge < -0.3 is 23.8 Å². The third kappa shape index (κ3) is 10.8. The molecule has 0 atom stereocenters. The van der Waals surface area contributed by atoms with E-state index in [9.17, 15) is 28.3 Å². The van der Waals surface area contributed by atoms with Crippen LogP contribution in [0.4, 0.5) is 0 Å². The Kier molecular flexibility index (Phi) is 15.5. The Balaban J connectivity index is 1.85. The van der Waals surface area contributed by atoms with Crippen LogP contribution in [0.3, 0.4) is 0 Å². The van der Waals surface area contributed by atoms with E-state index < -0.39 is 56.7 Å². The summed E-state index contributed by atoms with van der Waals surface area (Å²) >= 11 is 0. The molecular weight excluding hydrogens is 790 g/mol. The number of amides is 1. The fourth-order valence-corrected chi connectivity index (χ4v) is 6.28. The second-order valence-electron chi connectivity index (χ2n) is 11.7. The molecule has 0 aliphatic carbocycles. The highest BCUT2D eigenvalue weighted by Gasteiger charge is 2.38. The van der Waals surface area contributed by atoms with Crippen LogP contribution in [0.15, 0.2) is 72.8 Å². The Morgan fingerprint density at radius 2 is 1.02 bits per heavy atom. The average molecular weight is 833 g/mol. The second-order valence-corrected chi connectivity index (χ2v) is 15.4. The van der Waals surface area contributed by atoms with Gasteiger partial charge in [0.05, 0.1) is 38.1 Å². The smallest absolute Gasteiger partial charge is 0.474 e. The number of esters is 3. The number of hydrogen-bond acceptors (Lipinski definition) is 16. The molecule has 0 spiro atoms. The van der Waals surface area contributed by atoms with Gasteiger partial charge in [-0.1, -0.05) is 24.3 Å². The van der Waals surface area contributed by atoms with Crippen molar-refractivity contribution in [2.45, 2.75) is 20.1 Å². The highest BCUT2D eigenvalue weighted by molar-refractivity contribution is 7.48.